The van der Waals surface area contributed by atoms with Gasteiger partial charge in [0.1, 0.15) is 0 Å². The quantitative estimate of drug-likeness (QED) is 0.559. The van der Waals surface area contributed by atoms with Crippen LogP contribution in [0.25, 0.3) is 10.9 Å². The fraction of sp³-hybridized carbons (Fsp3) is 0.235. The highest BCUT2D eigenvalue weighted by atomic mass is 19.4. The summed E-state index contributed by atoms with van der Waals surface area (Å²) >= 11 is 0. The minimum atomic E-state index is -4.55. The van der Waals surface area contributed by atoms with Gasteiger partial charge in [-0.05, 0) is 30.7 Å². The van der Waals surface area contributed by atoms with Gasteiger partial charge in [0.2, 0.25) is 0 Å². The fourth-order valence-electron chi connectivity index (χ4n) is 2.71. The van der Waals surface area contributed by atoms with Gasteiger partial charge >= 0.3 is 12.4 Å². The Bertz CT molecular complexity index is 904. The van der Waals surface area contributed by atoms with E-state index in [0.717, 1.165) is 18.2 Å². The van der Waals surface area contributed by atoms with Crippen molar-refractivity contribution in [2.24, 2.45) is 0 Å². The van der Waals surface area contributed by atoms with Gasteiger partial charge < -0.3 is 0 Å². The summed E-state index contributed by atoms with van der Waals surface area (Å²) in [6, 6.07) is 8.09. The third kappa shape index (κ3) is 3.33. The Labute approximate surface area is 138 Å². The first-order chi connectivity index (χ1) is 11.6. The highest BCUT2D eigenvalue weighted by Crippen LogP contribution is 2.36. The zero-order chi connectivity index (χ0) is 18.4. The molecule has 8 heteroatoms. The molecule has 0 N–H and O–H groups in total. The molecular formula is C17H12F6N2. The summed E-state index contributed by atoms with van der Waals surface area (Å²) < 4.78 is 78.8. The van der Waals surface area contributed by atoms with Crippen LogP contribution in [0, 0.1) is 6.92 Å². The molecule has 0 unspecified atom stereocenters. The van der Waals surface area contributed by atoms with Crippen LogP contribution in [-0.2, 0) is 18.9 Å². The molecule has 0 spiro atoms. The molecule has 1 aromatic heterocycles. The number of fused-ring (bicyclic) bond motifs is 1. The van der Waals surface area contributed by atoms with Gasteiger partial charge in [0.05, 0.1) is 28.9 Å². The predicted molar refractivity (Wildman–Crippen MR) is 80.0 cm³/mol. The van der Waals surface area contributed by atoms with E-state index >= 15 is 0 Å². The Kier molecular flexibility index (Phi) is 4.01. The summed E-state index contributed by atoms with van der Waals surface area (Å²) in [7, 11) is 0. The number of para-hydroxylation sites is 1. The molecule has 3 aromatic rings. The van der Waals surface area contributed by atoms with Crippen molar-refractivity contribution in [2.75, 3.05) is 0 Å². The molecule has 0 saturated heterocycles. The third-order valence-electron chi connectivity index (χ3n) is 3.87. The van der Waals surface area contributed by atoms with E-state index in [0.29, 0.717) is 16.6 Å². The van der Waals surface area contributed by atoms with Gasteiger partial charge in [-0.1, -0.05) is 24.3 Å². The van der Waals surface area contributed by atoms with Crippen LogP contribution in [0.15, 0.2) is 42.5 Å². The maximum atomic E-state index is 13.3. The van der Waals surface area contributed by atoms with E-state index in [4.69, 9.17) is 0 Å². The van der Waals surface area contributed by atoms with Crippen molar-refractivity contribution in [1.82, 2.24) is 9.78 Å². The molecule has 0 bridgehead atoms. The number of aromatic nitrogens is 2. The van der Waals surface area contributed by atoms with E-state index in [1.807, 2.05) is 0 Å². The predicted octanol–water partition coefficient (Wildman–Crippen LogP) is 5.43. The number of alkyl halides is 6. The highest BCUT2D eigenvalue weighted by molar-refractivity contribution is 5.85. The number of aryl methyl sites for hydroxylation is 1. The zero-order valence-electron chi connectivity index (χ0n) is 12.9. The Morgan fingerprint density at radius 2 is 1.52 bits per heavy atom. The fourth-order valence-corrected chi connectivity index (χ4v) is 2.71. The lowest BCUT2D eigenvalue weighted by atomic mass is 10.1. The number of nitrogens with zero attached hydrogens (tertiary/aromatic N) is 2. The van der Waals surface area contributed by atoms with Crippen molar-refractivity contribution in [1.29, 1.82) is 0 Å². The van der Waals surface area contributed by atoms with E-state index in [-0.39, 0.29) is 12.1 Å². The summed E-state index contributed by atoms with van der Waals surface area (Å²) in [5.74, 6) is 0. The summed E-state index contributed by atoms with van der Waals surface area (Å²) in [5.41, 5.74) is -0.860. The van der Waals surface area contributed by atoms with Gasteiger partial charge in [-0.25, -0.2) is 0 Å². The van der Waals surface area contributed by atoms with E-state index in [9.17, 15) is 26.3 Å². The maximum Gasteiger partial charge on any atom is 0.418 e. The molecule has 25 heavy (non-hydrogen) atoms. The van der Waals surface area contributed by atoms with Crippen LogP contribution in [0.1, 0.15) is 22.4 Å². The first kappa shape index (κ1) is 17.3. The molecule has 0 aliphatic heterocycles. The molecular weight excluding hydrogens is 346 g/mol. The van der Waals surface area contributed by atoms with Gasteiger partial charge in [-0.2, -0.15) is 31.4 Å². The average molecular weight is 358 g/mol. The molecule has 0 atom stereocenters. The second-order valence-corrected chi connectivity index (χ2v) is 5.64. The lowest BCUT2D eigenvalue weighted by Gasteiger charge is -2.12. The van der Waals surface area contributed by atoms with Gasteiger partial charge in [0, 0.05) is 5.39 Å². The molecule has 0 aliphatic carbocycles. The molecule has 0 radical (unpaired) electrons. The lowest BCUT2D eigenvalue weighted by Crippen LogP contribution is -2.10. The van der Waals surface area contributed by atoms with Crippen molar-refractivity contribution in [3.05, 3.63) is 64.8 Å². The summed E-state index contributed by atoms with van der Waals surface area (Å²) in [5, 5.41) is 4.49. The molecule has 0 fully saturated rings. The monoisotopic (exact) mass is 358 g/mol. The van der Waals surface area contributed by atoms with Crippen LogP contribution < -0.4 is 0 Å². The van der Waals surface area contributed by atoms with Gasteiger partial charge in [0.15, 0.2) is 0 Å². The standard InChI is InChI=1S/C17H12F6N2/c1-10-13-3-2-4-14(17(21,22)23)15(13)25(24-10)9-11-5-7-12(8-6-11)16(18,19)20/h2-8H,9H2,1H3. The van der Waals surface area contributed by atoms with E-state index in [1.54, 1.807) is 6.92 Å². The number of hydrogen-bond acceptors (Lipinski definition) is 1. The van der Waals surface area contributed by atoms with Crippen LogP contribution in [0.3, 0.4) is 0 Å². The Hall–Kier alpha value is -2.51. The summed E-state index contributed by atoms with van der Waals surface area (Å²) in [4.78, 5) is 0. The molecule has 132 valence electrons. The second kappa shape index (κ2) is 5.79. The molecule has 2 nitrogen and oxygen atoms in total. The number of halogens is 6. The minimum Gasteiger partial charge on any atom is -0.260 e. The highest BCUT2D eigenvalue weighted by Gasteiger charge is 2.34. The topological polar surface area (TPSA) is 17.8 Å². The van der Waals surface area contributed by atoms with Crippen LogP contribution in [0.2, 0.25) is 0 Å². The molecule has 2 aromatic carbocycles. The van der Waals surface area contributed by atoms with Crippen molar-refractivity contribution >= 4 is 10.9 Å². The summed E-state index contributed by atoms with van der Waals surface area (Å²) in [6.07, 6.45) is -9.01. The second-order valence-electron chi connectivity index (χ2n) is 5.64. The Balaban J connectivity index is 2.05. The van der Waals surface area contributed by atoms with Crippen LogP contribution in [-0.4, -0.2) is 9.78 Å². The van der Waals surface area contributed by atoms with Crippen LogP contribution in [0.4, 0.5) is 26.3 Å². The number of hydrogen-bond donors (Lipinski definition) is 0. The van der Waals surface area contributed by atoms with Gasteiger partial charge in [-0.3, -0.25) is 4.68 Å². The normalized spacial score (nSPS) is 12.8. The Morgan fingerprint density at radius 1 is 0.880 bits per heavy atom. The van der Waals surface area contributed by atoms with Crippen molar-refractivity contribution < 1.29 is 26.3 Å². The molecule has 0 saturated carbocycles. The van der Waals surface area contributed by atoms with Crippen LogP contribution in [0.5, 0.6) is 0 Å². The van der Waals surface area contributed by atoms with E-state index in [2.05, 4.69) is 5.10 Å². The third-order valence-corrected chi connectivity index (χ3v) is 3.87. The van der Waals surface area contributed by atoms with Crippen LogP contribution >= 0.6 is 0 Å². The van der Waals surface area contributed by atoms with E-state index in [1.165, 1.54) is 28.9 Å². The first-order valence-electron chi connectivity index (χ1n) is 7.27. The smallest absolute Gasteiger partial charge is 0.260 e. The summed E-state index contributed by atoms with van der Waals surface area (Å²) in [6.45, 7) is 1.53. The SMILES string of the molecule is Cc1nn(Cc2ccc(C(F)(F)F)cc2)c2c(C(F)(F)F)cccc12. The van der Waals surface area contributed by atoms with Gasteiger partial charge in [0.25, 0.3) is 0 Å². The minimum absolute atomic E-state index is 0.0599. The van der Waals surface area contributed by atoms with Crippen molar-refractivity contribution in [3.8, 4) is 0 Å². The maximum absolute atomic E-state index is 13.3. The molecule has 0 aliphatic rings. The molecule has 0 amide bonds. The van der Waals surface area contributed by atoms with E-state index < -0.39 is 23.5 Å². The lowest BCUT2D eigenvalue weighted by molar-refractivity contribution is -0.138. The molecule has 1 heterocycles. The Morgan fingerprint density at radius 3 is 2.08 bits per heavy atom. The van der Waals surface area contributed by atoms with Crippen molar-refractivity contribution in [3.63, 3.8) is 0 Å². The van der Waals surface area contributed by atoms with Gasteiger partial charge in [-0.15, -0.1) is 0 Å². The zero-order valence-corrected chi connectivity index (χ0v) is 12.9. The number of rotatable bonds is 2. The average Bonchev–Trinajstić information content (AvgIpc) is 2.82. The van der Waals surface area contributed by atoms with Crippen molar-refractivity contribution in [2.45, 2.75) is 25.8 Å². The molecule has 3 rings (SSSR count). The number of benzene rings is 2. The first-order valence-corrected chi connectivity index (χ1v) is 7.27. The largest absolute Gasteiger partial charge is 0.418 e.